The predicted molar refractivity (Wildman–Crippen MR) is 120 cm³/mol. The quantitative estimate of drug-likeness (QED) is 0.358. The van der Waals surface area contributed by atoms with Crippen LogP contribution >= 0.6 is 27.7 Å². The number of methoxy groups -OCH3 is 1. The molecule has 9 nitrogen and oxygen atoms in total. The van der Waals surface area contributed by atoms with Gasteiger partial charge in [0, 0.05) is 34.9 Å². The minimum Gasteiger partial charge on any atom is -0.493 e. The summed E-state index contributed by atoms with van der Waals surface area (Å²) < 4.78 is 13.8. The molecule has 1 aromatic heterocycles. The number of nitrogens with one attached hydrogen (secondary N) is 2. The first kappa shape index (κ1) is 24.4. The van der Waals surface area contributed by atoms with Crippen LogP contribution in [0.15, 0.2) is 21.8 Å². The monoisotopic (exact) mass is 500 g/mol. The fraction of sp³-hybridized carbons (Fsp3) is 0.579. The Morgan fingerprint density at radius 1 is 1.33 bits per heavy atom. The maximum atomic E-state index is 12.2. The van der Waals surface area contributed by atoms with Gasteiger partial charge in [-0.1, -0.05) is 27.7 Å². The maximum absolute atomic E-state index is 12.2. The molecule has 2 rings (SSSR count). The van der Waals surface area contributed by atoms with Gasteiger partial charge in [0.15, 0.2) is 18.1 Å². The third-order valence-corrected chi connectivity index (χ3v) is 5.70. The summed E-state index contributed by atoms with van der Waals surface area (Å²) in [5.41, 5.74) is 0.591. The SMILES string of the molecule is COc1ccc(Br)c(CNCCCSc2nnnn2C)c1OCC(=O)NC(C)(C)C. The van der Waals surface area contributed by atoms with Gasteiger partial charge in [-0.05, 0) is 56.3 Å². The predicted octanol–water partition coefficient (Wildman–Crippen LogP) is 2.55. The molecule has 0 spiro atoms. The van der Waals surface area contributed by atoms with Gasteiger partial charge in [0.25, 0.3) is 5.91 Å². The average molecular weight is 501 g/mol. The Balaban J connectivity index is 1.90. The molecule has 30 heavy (non-hydrogen) atoms. The molecule has 0 saturated carbocycles. The zero-order chi connectivity index (χ0) is 22.1. The first-order valence-electron chi connectivity index (χ1n) is 9.56. The van der Waals surface area contributed by atoms with Crippen molar-refractivity contribution in [1.29, 1.82) is 0 Å². The van der Waals surface area contributed by atoms with Crippen molar-refractivity contribution >= 4 is 33.6 Å². The van der Waals surface area contributed by atoms with E-state index in [1.54, 1.807) is 23.6 Å². The standard InChI is InChI=1S/C19H29BrN6O3S/c1-19(2,3)22-16(27)12-29-17-13(14(20)7-8-15(17)28-5)11-21-9-6-10-30-18-23-24-25-26(18)4/h7-8,21H,6,9-12H2,1-5H3,(H,22,27). The Hall–Kier alpha value is -1.85. The van der Waals surface area contributed by atoms with E-state index in [0.29, 0.717) is 18.0 Å². The minimum atomic E-state index is -0.314. The Kier molecular flexibility index (Phi) is 9.37. The second-order valence-corrected chi connectivity index (χ2v) is 9.52. The third kappa shape index (κ3) is 7.77. The number of aryl methyl sites for hydroxylation is 1. The number of nitrogens with zero attached hydrogens (tertiary/aromatic N) is 4. The largest absolute Gasteiger partial charge is 0.493 e. The van der Waals surface area contributed by atoms with Gasteiger partial charge in [-0.15, -0.1) is 5.10 Å². The molecule has 0 bridgehead atoms. The van der Waals surface area contributed by atoms with Crippen LogP contribution in [0, 0.1) is 0 Å². The van der Waals surface area contributed by atoms with Crippen molar-refractivity contribution in [3.63, 3.8) is 0 Å². The molecule has 0 fully saturated rings. The number of carbonyl (C=O) groups excluding carboxylic acids is 1. The van der Waals surface area contributed by atoms with Crippen LogP contribution in [0.1, 0.15) is 32.8 Å². The van der Waals surface area contributed by atoms with Crippen molar-refractivity contribution in [2.75, 3.05) is 26.0 Å². The summed E-state index contributed by atoms with van der Waals surface area (Å²) in [6.45, 7) is 7.09. The van der Waals surface area contributed by atoms with E-state index in [1.807, 2.05) is 40.0 Å². The van der Waals surface area contributed by atoms with Crippen LogP contribution in [-0.4, -0.2) is 57.7 Å². The highest BCUT2D eigenvalue weighted by Gasteiger charge is 2.18. The lowest BCUT2D eigenvalue weighted by molar-refractivity contribution is -0.124. The molecule has 1 heterocycles. The Labute approximate surface area is 189 Å². The van der Waals surface area contributed by atoms with E-state index in [-0.39, 0.29) is 18.1 Å². The zero-order valence-electron chi connectivity index (χ0n) is 18.0. The van der Waals surface area contributed by atoms with Crippen molar-refractivity contribution < 1.29 is 14.3 Å². The van der Waals surface area contributed by atoms with Crippen LogP contribution in [0.25, 0.3) is 0 Å². The second kappa shape index (κ2) is 11.5. The molecule has 166 valence electrons. The summed E-state index contributed by atoms with van der Waals surface area (Å²) in [6, 6.07) is 3.73. The average Bonchev–Trinajstić information content (AvgIpc) is 3.07. The number of thioether (sulfide) groups is 1. The van der Waals surface area contributed by atoms with Crippen molar-refractivity contribution in [3.05, 3.63) is 22.2 Å². The van der Waals surface area contributed by atoms with Crippen LogP contribution in [0.5, 0.6) is 11.5 Å². The summed E-state index contributed by atoms with van der Waals surface area (Å²) in [5, 5.41) is 18.5. The molecule has 2 aromatic rings. The van der Waals surface area contributed by atoms with Gasteiger partial charge >= 0.3 is 0 Å². The van der Waals surface area contributed by atoms with Gasteiger partial charge < -0.3 is 20.1 Å². The van der Waals surface area contributed by atoms with Crippen LogP contribution in [0.3, 0.4) is 0 Å². The van der Waals surface area contributed by atoms with E-state index in [2.05, 4.69) is 42.1 Å². The molecule has 0 radical (unpaired) electrons. The third-order valence-electron chi connectivity index (χ3n) is 3.86. The molecule has 0 aliphatic heterocycles. The molecule has 1 aromatic carbocycles. The van der Waals surface area contributed by atoms with E-state index in [0.717, 1.165) is 33.9 Å². The molecule has 11 heteroatoms. The topological polar surface area (TPSA) is 103 Å². The number of tetrazole rings is 1. The molecule has 2 N–H and O–H groups in total. The van der Waals surface area contributed by atoms with Crippen molar-refractivity contribution in [2.24, 2.45) is 7.05 Å². The molecular formula is C19H29BrN6O3S. The summed E-state index contributed by atoms with van der Waals surface area (Å²) in [7, 11) is 3.41. The van der Waals surface area contributed by atoms with Gasteiger partial charge in [-0.3, -0.25) is 4.79 Å². The number of rotatable bonds is 11. The lowest BCUT2D eigenvalue weighted by Crippen LogP contribution is -2.43. The van der Waals surface area contributed by atoms with Crippen molar-refractivity contribution in [1.82, 2.24) is 30.8 Å². The van der Waals surface area contributed by atoms with Gasteiger partial charge in [-0.2, -0.15) is 0 Å². The summed E-state index contributed by atoms with van der Waals surface area (Å²) in [4.78, 5) is 12.2. The van der Waals surface area contributed by atoms with Gasteiger partial charge in [0.1, 0.15) is 0 Å². The first-order chi connectivity index (χ1) is 14.2. The second-order valence-electron chi connectivity index (χ2n) is 7.61. The van der Waals surface area contributed by atoms with Gasteiger partial charge in [-0.25, -0.2) is 4.68 Å². The van der Waals surface area contributed by atoms with Crippen LogP contribution < -0.4 is 20.1 Å². The van der Waals surface area contributed by atoms with E-state index in [9.17, 15) is 4.79 Å². The fourth-order valence-corrected chi connectivity index (χ4v) is 3.82. The molecule has 0 aliphatic rings. The number of aromatic nitrogens is 4. The highest BCUT2D eigenvalue weighted by molar-refractivity contribution is 9.10. The number of halogens is 1. The molecule has 1 amide bonds. The molecule has 0 saturated heterocycles. The number of benzene rings is 1. The fourth-order valence-electron chi connectivity index (χ4n) is 2.58. The molecule has 0 aliphatic carbocycles. The summed E-state index contributed by atoms with van der Waals surface area (Å²) in [6.07, 6.45) is 0.948. The number of carbonyl (C=O) groups is 1. The zero-order valence-corrected chi connectivity index (χ0v) is 20.4. The number of amides is 1. The highest BCUT2D eigenvalue weighted by Crippen LogP contribution is 2.36. The Morgan fingerprint density at radius 2 is 2.10 bits per heavy atom. The van der Waals surface area contributed by atoms with E-state index in [1.165, 1.54) is 0 Å². The first-order valence-corrected chi connectivity index (χ1v) is 11.3. The smallest absolute Gasteiger partial charge is 0.258 e. The van der Waals surface area contributed by atoms with Crippen molar-refractivity contribution in [3.8, 4) is 11.5 Å². The molecule has 0 unspecified atom stereocenters. The summed E-state index contributed by atoms with van der Waals surface area (Å²) >= 11 is 5.19. The number of hydrogen-bond acceptors (Lipinski definition) is 8. The highest BCUT2D eigenvalue weighted by atomic mass is 79.9. The number of ether oxygens (including phenoxy) is 2. The minimum absolute atomic E-state index is 0.0839. The number of hydrogen-bond donors (Lipinski definition) is 2. The molecular weight excluding hydrogens is 472 g/mol. The van der Waals surface area contributed by atoms with Crippen LogP contribution in [-0.2, 0) is 18.4 Å². The van der Waals surface area contributed by atoms with Crippen molar-refractivity contribution in [2.45, 2.75) is 44.4 Å². The Bertz CT molecular complexity index is 840. The summed E-state index contributed by atoms with van der Waals surface area (Å²) in [5.74, 6) is 1.86. The van der Waals surface area contributed by atoms with Crippen LogP contribution in [0.2, 0.25) is 0 Å². The van der Waals surface area contributed by atoms with E-state index >= 15 is 0 Å². The van der Waals surface area contributed by atoms with Gasteiger partial charge in [0.05, 0.1) is 7.11 Å². The van der Waals surface area contributed by atoms with E-state index < -0.39 is 0 Å². The lowest BCUT2D eigenvalue weighted by Gasteiger charge is -2.21. The normalized spacial score (nSPS) is 11.4. The van der Waals surface area contributed by atoms with E-state index in [4.69, 9.17) is 9.47 Å². The van der Waals surface area contributed by atoms with Gasteiger partial charge in [0.2, 0.25) is 5.16 Å². The van der Waals surface area contributed by atoms with Crippen LogP contribution in [0.4, 0.5) is 0 Å². The lowest BCUT2D eigenvalue weighted by atomic mass is 10.1. The Morgan fingerprint density at radius 3 is 2.73 bits per heavy atom. The maximum Gasteiger partial charge on any atom is 0.258 e. The molecule has 0 atom stereocenters.